The van der Waals surface area contributed by atoms with E-state index in [1.807, 2.05) is 0 Å². The van der Waals surface area contributed by atoms with Crippen LogP contribution in [0.15, 0.2) is 46.1 Å². The zero-order valence-corrected chi connectivity index (χ0v) is 15.7. The summed E-state index contributed by atoms with van der Waals surface area (Å²) in [4.78, 5) is 27.8. The largest absolute Gasteiger partial charge is 0.506 e. The van der Waals surface area contributed by atoms with Crippen LogP contribution in [0.4, 0.5) is 5.82 Å². The molecule has 1 fully saturated rings. The molecule has 1 saturated heterocycles. The Hall–Kier alpha value is -3.68. The number of piperidine rings is 1. The van der Waals surface area contributed by atoms with Crippen molar-refractivity contribution in [1.82, 2.24) is 19.5 Å². The van der Waals surface area contributed by atoms with Crippen LogP contribution in [-0.4, -0.2) is 37.7 Å². The number of aromatic hydroxyl groups is 1. The van der Waals surface area contributed by atoms with E-state index in [-0.39, 0.29) is 11.3 Å². The average Bonchev–Trinajstić information content (AvgIpc) is 3.17. The van der Waals surface area contributed by atoms with Gasteiger partial charge >= 0.3 is 5.63 Å². The fraction of sp³-hybridized carbons (Fsp3) is 0.238. The van der Waals surface area contributed by atoms with Gasteiger partial charge in [-0.1, -0.05) is 12.1 Å². The highest BCUT2D eigenvalue weighted by molar-refractivity contribution is 5.88. The SMILES string of the molecule is O=c1oc2ccccc2c(O)c1/C=C/n1cnc2c(N3CCCCC3)ncnc21. The van der Waals surface area contributed by atoms with E-state index in [0.29, 0.717) is 22.1 Å². The minimum absolute atomic E-state index is 0.0795. The highest BCUT2D eigenvalue weighted by Gasteiger charge is 2.18. The van der Waals surface area contributed by atoms with E-state index >= 15 is 0 Å². The van der Waals surface area contributed by atoms with Crippen LogP contribution in [0.5, 0.6) is 5.75 Å². The first-order valence-electron chi connectivity index (χ1n) is 9.58. The molecule has 4 heterocycles. The van der Waals surface area contributed by atoms with Crippen LogP contribution < -0.4 is 10.5 Å². The Balaban J connectivity index is 1.55. The lowest BCUT2D eigenvalue weighted by Crippen LogP contribution is -2.30. The van der Waals surface area contributed by atoms with Crippen LogP contribution in [0.2, 0.25) is 0 Å². The van der Waals surface area contributed by atoms with Gasteiger partial charge in [-0.2, -0.15) is 0 Å². The molecule has 0 aliphatic carbocycles. The van der Waals surface area contributed by atoms with Crippen molar-refractivity contribution in [2.24, 2.45) is 0 Å². The molecule has 0 spiro atoms. The second-order valence-electron chi connectivity index (χ2n) is 7.03. The lowest BCUT2D eigenvalue weighted by Gasteiger charge is -2.27. The zero-order chi connectivity index (χ0) is 19.8. The molecule has 5 rings (SSSR count). The molecule has 8 heteroatoms. The van der Waals surface area contributed by atoms with Crippen LogP contribution in [0.3, 0.4) is 0 Å². The summed E-state index contributed by atoms with van der Waals surface area (Å²) in [6.45, 7) is 1.92. The lowest BCUT2D eigenvalue weighted by molar-refractivity contribution is 0.466. The Labute approximate surface area is 165 Å². The molecule has 0 saturated carbocycles. The summed E-state index contributed by atoms with van der Waals surface area (Å²) in [5, 5.41) is 11.0. The predicted octanol–water partition coefficient (Wildman–Crippen LogP) is 3.26. The highest BCUT2D eigenvalue weighted by atomic mass is 16.4. The van der Waals surface area contributed by atoms with E-state index in [0.717, 1.165) is 31.7 Å². The number of imidazole rings is 1. The van der Waals surface area contributed by atoms with Crippen molar-refractivity contribution in [2.45, 2.75) is 19.3 Å². The fourth-order valence-corrected chi connectivity index (χ4v) is 3.74. The smallest absolute Gasteiger partial charge is 0.347 e. The minimum atomic E-state index is -0.606. The first-order valence-corrected chi connectivity index (χ1v) is 9.58. The summed E-state index contributed by atoms with van der Waals surface area (Å²) in [5.41, 5.74) is 1.18. The zero-order valence-electron chi connectivity index (χ0n) is 15.7. The number of rotatable bonds is 3. The molecular formula is C21H19N5O3. The van der Waals surface area contributed by atoms with Crippen molar-refractivity contribution in [1.29, 1.82) is 0 Å². The molecule has 0 unspecified atom stereocenters. The predicted molar refractivity (Wildman–Crippen MR) is 111 cm³/mol. The molecule has 0 atom stereocenters. The van der Waals surface area contributed by atoms with Gasteiger partial charge in [0.2, 0.25) is 0 Å². The van der Waals surface area contributed by atoms with Crippen LogP contribution in [0, 0.1) is 0 Å². The molecule has 0 radical (unpaired) electrons. The Kier molecular flexibility index (Phi) is 4.23. The summed E-state index contributed by atoms with van der Waals surface area (Å²) in [6.07, 6.45) is 9.83. The minimum Gasteiger partial charge on any atom is -0.506 e. The van der Waals surface area contributed by atoms with Gasteiger partial charge in [0.1, 0.15) is 29.6 Å². The van der Waals surface area contributed by atoms with Gasteiger partial charge in [0.05, 0.1) is 5.39 Å². The van der Waals surface area contributed by atoms with Gasteiger partial charge in [-0.3, -0.25) is 4.57 Å². The van der Waals surface area contributed by atoms with E-state index in [1.165, 1.54) is 18.8 Å². The Morgan fingerprint density at radius 2 is 1.90 bits per heavy atom. The van der Waals surface area contributed by atoms with E-state index in [1.54, 1.807) is 41.4 Å². The summed E-state index contributed by atoms with van der Waals surface area (Å²) in [6, 6.07) is 6.87. The second kappa shape index (κ2) is 7.05. The molecule has 1 N–H and O–H groups in total. The summed E-state index contributed by atoms with van der Waals surface area (Å²) in [5.74, 6) is 0.719. The lowest BCUT2D eigenvalue weighted by atomic mass is 10.1. The molecular weight excluding hydrogens is 370 g/mol. The number of para-hydroxylation sites is 1. The van der Waals surface area contributed by atoms with E-state index in [2.05, 4.69) is 19.9 Å². The summed E-state index contributed by atoms with van der Waals surface area (Å²) >= 11 is 0. The van der Waals surface area contributed by atoms with Gasteiger partial charge in [0.25, 0.3) is 0 Å². The van der Waals surface area contributed by atoms with Gasteiger partial charge in [0.15, 0.2) is 17.0 Å². The molecule has 146 valence electrons. The van der Waals surface area contributed by atoms with Crippen molar-refractivity contribution in [3.63, 3.8) is 0 Å². The van der Waals surface area contributed by atoms with Crippen LogP contribution in [0.25, 0.3) is 34.4 Å². The maximum atomic E-state index is 12.3. The number of hydrogen-bond acceptors (Lipinski definition) is 7. The number of hydrogen-bond donors (Lipinski definition) is 1. The molecule has 4 aromatic rings. The summed E-state index contributed by atoms with van der Waals surface area (Å²) in [7, 11) is 0. The number of benzene rings is 1. The number of anilines is 1. The molecule has 8 nitrogen and oxygen atoms in total. The average molecular weight is 389 g/mol. The van der Waals surface area contributed by atoms with Crippen molar-refractivity contribution >= 4 is 40.2 Å². The summed E-state index contributed by atoms with van der Waals surface area (Å²) < 4.78 is 7.01. The van der Waals surface area contributed by atoms with E-state index in [9.17, 15) is 9.90 Å². The standard InChI is InChI=1S/C21H19N5O3/c27-18-14-6-2-3-7-16(14)29-21(28)15(18)8-11-26-13-24-17-19(22-12-23-20(17)26)25-9-4-1-5-10-25/h2-3,6-8,11-13,27H,1,4-5,9-10H2/b11-8+. The van der Waals surface area contributed by atoms with Crippen LogP contribution in [0.1, 0.15) is 24.8 Å². The van der Waals surface area contributed by atoms with Crippen molar-refractivity contribution < 1.29 is 9.52 Å². The van der Waals surface area contributed by atoms with E-state index in [4.69, 9.17) is 4.42 Å². The molecule has 1 aliphatic rings. The second-order valence-corrected chi connectivity index (χ2v) is 7.03. The Morgan fingerprint density at radius 1 is 1.07 bits per heavy atom. The quantitative estimate of drug-likeness (QED) is 0.537. The topological polar surface area (TPSA) is 97.3 Å². The highest BCUT2D eigenvalue weighted by Crippen LogP contribution is 2.28. The third-order valence-corrected chi connectivity index (χ3v) is 5.22. The van der Waals surface area contributed by atoms with E-state index < -0.39 is 5.63 Å². The Morgan fingerprint density at radius 3 is 2.76 bits per heavy atom. The fourth-order valence-electron chi connectivity index (χ4n) is 3.74. The van der Waals surface area contributed by atoms with Gasteiger partial charge in [-0.25, -0.2) is 19.7 Å². The van der Waals surface area contributed by atoms with Crippen LogP contribution >= 0.6 is 0 Å². The maximum Gasteiger partial charge on any atom is 0.347 e. The first-order chi connectivity index (χ1) is 14.2. The van der Waals surface area contributed by atoms with Gasteiger partial charge in [0, 0.05) is 19.3 Å². The molecule has 0 bridgehead atoms. The molecule has 3 aromatic heterocycles. The molecule has 29 heavy (non-hydrogen) atoms. The van der Waals surface area contributed by atoms with Crippen molar-refractivity contribution in [3.05, 3.63) is 52.9 Å². The third kappa shape index (κ3) is 3.02. The van der Waals surface area contributed by atoms with Gasteiger partial charge in [-0.05, 0) is 37.5 Å². The van der Waals surface area contributed by atoms with Gasteiger partial charge < -0.3 is 14.4 Å². The van der Waals surface area contributed by atoms with Crippen molar-refractivity contribution in [3.8, 4) is 5.75 Å². The number of fused-ring (bicyclic) bond motifs is 2. The normalized spacial score (nSPS) is 15.0. The number of nitrogens with zero attached hydrogens (tertiary/aromatic N) is 5. The number of aromatic nitrogens is 4. The maximum absolute atomic E-state index is 12.3. The monoisotopic (exact) mass is 389 g/mol. The molecule has 0 amide bonds. The van der Waals surface area contributed by atoms with Gasteiger partial charge in [-0.15, -0.1) is 0 Å². The third-order valence-electron chi connectivity index (χ3n) is 5.22. The molecule has 1 aliphatic heterocycles. The molecule has 1 aromatic carbocycles. The van der Waals surface area contributed by atoms with Crippen molar-refractivity contribution in [2.75, 3.05) is 18.0 Å². The first kappa shape index (κ1) is 17.4. The Bertz CT molecular complexity index is 1280. The van der Waals surface area contributed by atoms with Crippen LogP contribution in [-0.2, 0) is 0 Å².